The molecule has 8 nitrogen and oxygen atoms in total. The lowest BCUT2D eigenvalue weighted by Crippen LogP contribution is -2.48. The molecular formula is C21H20N6O2. The summed E-state index contributed by atoms with van der Waals surface area (Å²) in [5.41, 5.74) is 3.62. The quantitative estimate of drug-likeness (QED) is 0.704. The topological polar surface area (TPSA) is 94.2 Å². The molecule has 0 aliphatic carbocycles. The maximum absolute atomic E-state index is 13.1. The Balaban J connectivity index is 1.55. The summed E-state index contributed by atoms with van der Waals surface area (Å²) < 4.78 is 0. The van der Waals surface area contributed by atoms with E-state index in [1.54, 1.807) is 36.5 Å². The summed E-state index contributed by atoms with van der Waals surface area (Å²) >= 11 is 0. The lowest BCUT2D eigenvalue weighted by molar-refractivity contribution is 0.255. The molecule has 0 unspecified atom stereocenters. The van der Waals surface area contributed by atoms with Gasteiger partial charge in [-0.2, -0.15) is 0 Å². The molecule has 5 heterocycles. The third-order valence-corrected chi connectivity index (χ3v) is 5.47. The van der Waals surface area contributed by atoms with Crippen molar-refractivity contribution in [1.29, 1.82) is 0 Å². The largest absolute Gasteiger partial charge is 0.366 e. The van der Waals surface area contributed by atoms with E-state index in [2.05, 4.69) is 20.2 Å². The van der Waals surface area contributed by atoms with Crippen LogP contribution in [0.4, 0.5) is 22.0 Å². The van der Waals surface area contributed by atoms with Crippen LogP contribution >= 0.6 is 0 Å². The number of aromatic nitrogens is 3. The van der Waals surface area contributed by atoms with Crippen LogP contribution in [0.2, 0.25) is 0 Å². The average Bonchev–Trinajstić information content (AvgIpc) is 3.15. The monoisotopic (exact) mass is 388 g/mol. The number of H-pyrrole nitrogens is 1. The van der Waals surface area contributed by atoms with Crippen LogP contribution in [0.5, 0.6) is 0 Å². The van der Waals surface area contributed by atoms with E-state index in [1.165, 1.54) is 0 Å². The van der Waals surface area contributed by atoms with Gasteiger partial charge in [0, 0.05) is 36.6 Å². The van der Waals surface area contributed by atoms with Crippen molar-refractivity contribution in [3.8, 4) is 11.3 Å². The third kappa shape index (κ3) is 3.02. The summed E-state index contributed by atoms with van der Waals surface area (Å²) in [6.45, 7) is 3.46. The Morgan fingerprint density at radius 2 is 2.21 bits per heavy atom. The molecular weight excluding hydrogens is 368 g/mol. The highest BCUT2D eigenvalue weighted by atomic mass is 16.2. The SMILES string of the molecule is Cc1cc(-c2ccc3c(n2)N(C(=O)Nc2cccnc2)[C@H]2CCN3C2)c[nH]c1=O. The van der Waals surface area contributed by atoms with Crippen LogP contribution in [-0.2, 0) is 0 Å². The van der Waals surface area contributed by atoms with Crippen molar-refractivity contribution in [2.45, 2.75) is 19.4 Å². The Kier molecular flexibility index (Phi) is 4.04. The number of anilines is 3. The minimum atomic E-state index is -0.215. The molecule has 0 saturated carbocycles. The summed E-state index contributed by atoms with van der Waals surface area (Å²) in [7, 11) is 0. The standard InChI is InChI=1S/C21H20N6O2/c1-13-9-14(10-23-20(13)28)17-4-5-18-19(25-17)27(16-6-8-26(18)12-16)21(29)24-15-3-2-7-22-11-15/h2-5,7,9-11,16H,6,8,12H2,1H3,(H,23,28)(H,24,29)/t16-/m0/s1. The zero-order chi connectivity index (χ0) is 20.0. The minimum Gasteiger partial charge on any atom is -0.366 e. The number of aromatic amines is 1. The molecule has 0 aromatic carbocycles. The van der Waals surface area contributed by atoms with Crippen molar-refractivity contribution in [3.63, 3.8) is 0 Å². The fraction of sp³-hybridized carbons (Fsp3) is 0.238. The molecule has 5 rings (SSSR count). The molecule has 29 heavy (non-hydrogen) atoms. The molecule has 2 aliphatic rings. The molecule has 1 saturated heterocycles. The summed E-state index contributed by atoms with van der Waals surface area (Å²) in [5.74, 6) is 0.640. The Morgan fingerprint density at radius 1 is 1.31 bits per heavy atom. The maximum atomic E-state index is 13.1. The first-order valence-corrected chi connectivity index (χ1v) is 9.56. The predicted molar refractivity (Wildman–Crippen MR) is 111 cm³/mol. The van der Waals surface area contributed by atoms with Gasteiger partial charge in [-0.25, -0.2) is 9.78 Å². The molecule has 8 heteroatoms. The van der Waals surface area contributed by atoms with Crippen LogP contribution < -0.4 is 20.7 Å². The van der Waals surface area contributed by atoms with E-state index in [-0.39, 0.29) is 17.6 Å². The van der Waals surface area contributed by atoms with Crippen molar-refractivity contribution < 1.29 is 4.79 Å². The van der Waals surface area contributed by atoms with Crippen molar-refractivity contribution >= 4 is 23.2 Å². The second-order valence-electron chi connectivity index (χ2n) is 7.37. The number of nitrogens with zero attached hydrogens (tertiary/aromatic N) is 4. The van der Waals surface area contributed by atoms with Gasteiger partial charge >= 0.3 is 6.03 Å². The normalized spacial score (nSPS) is 17.2. The van der Waals surface area contributed by atoms with Gasteiger partial charge in [-0.15, -0.1) is 0 Å². The minimum absolute atomic E-state index is 0.0687. The number of amides is 2. The highest BCUT2D eigenvalue weighted by Crippen LogP contribution is 2.40. The molecule has 1 atom stereocenters. The van der Waals surface area contributed by atoms with Gasteiger partial charge in [-0.3, -0.25) is 14.7 Å². The summed E-state index contributed by atoms with van der Waals surface area (Å²) in [6.07, 6.45) is 5.84. The first kappa shape index (κ1) is 17.4. The molecule has 2 amide bonds. The van der Waals surface area contributed by atoms with Crippen LogP contribution in [0, 0.1) is 6.92 Å². The lowest BCUT2D eigenvalue weighted by atomic mass is 10.1. The number of hydrogen-bond donors (Lipinski definition) is 2. The summed E-state index contributed by atoms with van der Waals surface area (Å²) in [6, 6.07) is 9.19. The van der Waals surface area contributed by atoms with E-state index in [9.17, 15) is 9.59 Å². The molecule has 0 radical (unpaired) electrons. The molecule has 2 bridgehead atoms. The van der Waals surface area contributed by atoms with Gasteiger partial charge in [-0.1, -0.05) is 0 Å². The first-order valence-electron chi connectivity index (χ1n) is 9.56. The van der Waals surface area contributed by atoms with Crippen LogP contribution in [0.25, 0.3) is 11.3 Å². The molecule has 1 fully saturated rings. The van der Waals surface area contributed by atoms with E-state index in [0.717, 1.165) is 30.8 Å². The Hall–Kier alpha value is -3.68. The fourth-order valence-electron chi connectivity index (χ4n) is 4.00. The molecule has 2 N–H and O–H groups in total. The highest BCUT2D eigenvalue weighted by Gasteiger charge is 2.40. The number of rotatable bonds is 2. The fourth-order valence-corrected chi connectivity index (χ4v) is 4.00. The second-order valence-corrected chi connectivity index (χ2v) is 7.37. The number of aryl methyl sites for hydroxylation is 1. The number of hydrogen-bond acceptors (Lipinski definition) is 5. The van der Waals surface area contributed by atoms with Crippen LogP contribution in [0.15, 0.2) is 53.7 Å². The Morgan fingerprint density at radius 3 is 3.00 bits per heavy atom. The van der Waals surface area contributed by atoms with Gasteiger partial charge in [0.05, 0.1) is 29.3 Å². The summed E-state index contributed by atoms with van der Waals surface area (Å²) in [4.78, 5) is 40.5. The van der Waals surface area contributed by atoms with Crippen LogP contribution in [-0.4, -0.2) is 40.1 Å². The van der Waals surface area contributed by atoms with Gasteiger partial charge in [-0.05, 0) is 43.7 Å². The number of pyridine rings is 3. The lowest BCUT2D eigenvalue weighted by Gasteiger charge is -2.35. The van der Waals surface area contributed by atoms with Crippen molar-refractivity contribution in [2.75, 3.05) is 28.2 Å². The number of urea groups is 1. The predicted octanol–water partition coefficient (Wildman–Crippen LogP) is 2.77. The van der Waals surface area contributed by atoms with E-state index in [0.29, 0.717) is 22.8 Å². The number of carbonyl (C=O) groups excluding carboxylic acids is 1. The van der Waals surface area contributed by atoms with Gasteiger partial charge in [0.2, 0.25) is 0 Å². The summed E-state index contributed by atoms with van der Waals surface area (Å²) in [5, 5.41) is 2.93. The molecule has 146 valence electrons. The zero-order valence-corrected chi connectivity index (χ0v) is 15.9. The third-order valence-electron chi connectivity index (χ3n) is 5.47. The second kappa shape index (κ2) is 6.73. The molecule has 0 spiro atoms. The van der Waals surface area contributed by atoms with E-state index < -0.39 is 0 Å². The van der Waals surface area contributed by atoms with Crippen LogP contribution in [0.1, 0.15) is 12.0 Å². The van der Waals surface area contributed by atoms with Crippen LogP contribution in [0.3, 0.4) is 0 Å². The molecule has 2 aliphatic heterocycles. The van der Waals surface area contributed by atoms with Crippen molar-refractivity contribution in [1.82, 2.24) is 15.0 Å². The average molecular weight is 388 g/mol. The molecule has 3 aromatic heterocycles. The Bertz CT molecular complexity index is 1140. The number of fused-ring (bicyclic) bond motifs is 4. The Labute approximate surface area is 167 Å². The zero-order valence-electron chi connectivity index (χ0n) is 15.9. The van der Waals surface area contributed by atoms with E-state index >= 15 is 0 Å². The number of nitrogens with one attached hydrogen (secondary N) is 2. The smallest absolute Gasteiger partial charge is 0.327 e. The van der Waals surface area contributed by atoms with Crippen molar-refractivity contribution in [2.24, 2.45) is 0 Å². The van der Waals surface area contributed by atoms with Gasteiger partial charge in [0.25, 0.3) is 5.56 Å². The van der Waals surface area contributed by atoms with Gasteiger partial charge < -0.3 is 15.2 Å². The van der Waals surface area contributed by atoms with Gasteiger partial charge in [0.15, 0.2) is 5.82 Å². The maximum Gasteiger partial charge on any atom is 0.327 e. The van der Waals surface area contributed by atoms with Crippen molar-refractivity contribution in [3.05, 3.63) is 64.8 Å². The van der Waals surface area contributed by atoms with E-state index in [4.69, 9.17) is 4.98 Å². The van der Waals surface area contributed by atoms with E-state index in [1.807, 2.05) is 24.3 Å². The molecule has 3 aromatic rings. The highest BCUT2D eigenvalue weighted by molar-refractivity contribution is 6.04. The first-order chi connectivity index (χ1) is 14.1. The number of carbonyl (C=O) groups is 1. The van der Waals surface area contributed by atoms with Gasteiger partial charge in [0.1, 0.15) is 0 Å².